The van der Waals surface area contributed by atoms with Crippen molar-refractivity contribution in [2.45, 2.75) is 26.9 Å². The lowest BCUT2D eigenvalue weighted by Gasteiger charge is -2.14. The summed E-state index contributed by atoms with van der Waals surface area (Å²) in [6, 6.07) is 11.5. The predicted molar refractivity (Wildman–Crippen MR) is 106 cm³/mol. The van der Waals surface area contributed by atoms with Crippen molar-refractivity contribution >= 4 is 27.5 Å². The number of anilines is 1. The van der Waals surface area contributed by atoms with Crippen LogP contribution in [0.4, 0.5) is 5.69 Å². The van der Waals surface area contributed by atoms with Gasteiger partial charge in [0.15, 0.2) is 12.7 Å². The molecule has 0 fully saturated rings. The summed E-state index contributed by atoms with van der Waals surface area (Å²) in [5.41, 5.74) is 2.54. The van der Waals surface area contributed by atoms with E-state index >= 15 is 0 Å². The summed E-state index contributed by atoms with van der Waals surface area (Å²) in [5.74, 6) is -0.465. The fraction of sp³-hybridized carbons (Fsp3) is 0.300. The minimum Gasteiger partial charge on any atom is -0.482 e. The van der Waals surface area contributed by atoms with Crippen LogP contribution in [-0.4, -0.2) is 39.1 Å². The van der Waals surface area contributed by atoms with Gasteiger partial charge in [0.25, 0.3) is 0 Å². The smallest absolute Gasteiger partial charge is 0.344 e. The fourth-order valence-electron chi connectivity index (χ4n) is 2.44. The van der Waals surface area contributed by atoms with Crippen LogP contribution in [0.3, 0.4) is 0 Å². The molecule has 7 nitrogen and oxygen atoms in total. The predicted octanol–water partition coefficient (Wildman–Crippen LogP) is 2.87. The van der Waals surface area contributed by atoms with Crippen molar-refractivity contribution in [1.29, 1.82) is 0 Å². The molecule has 0 aliphatic carbocycles. The molecule has 8 heteroatoms. The highest BCUT2D eigenvalue weighted by Crippen LogP contribution is 2.19. The Hall–Kier alpha value is -2.87. The van der Waals surface area contributed by atoms with E-state index in [9.17, 15) is 18.0 Å². The van der Waals surface area contributed by atoms with Gasteiger partial charge in [-0.05, 0) is 62.2 Å². The van der Waals surface area contributed by atoms with Crippen molar-refractivity contribution in [2.24, 2.45) is 0 Å². The number of nitrogens with one attached hydrogen (secondary N) is 1. The summed E-state index contributed by atoms with van der Waals surface area (Å²) < 4.78 is 35.3. The van der Waals surface area contributed by atoms with Crippen molar-refractivity contribution in [2.75, 3.05) is 17.6 Å². The lowest BCUT2D eigenvalue weighted by Crippen LogP contribution is -2.27. The quantitative estimate of drug-likeness (QED) is 0.536. The number of carbonyl (C=O) groups is 2. The van der Waals surface area contributed by atoms with E-state index < -0.39 is 27.9 Å². The second kappa shape index (κ2) is 8.88. The first kappa shape index (κ1) is 21.4. The molecule has 0 aliphatic rings. The third-order valence-corrected chi connectivity index (χ3v) is 4.45. The van der Waals surface area contributed by atoms with E-state index in [0.29, 0.717) is 17.0 Å². The van der Waals surface area contributed by atoms with Crippen LogP contribution in [0, 0.1) is 13.8 Å². The molecule has 1 N–H and O–H groups in total. The Labute approximate surface area is 164 Å². The Bertz CT molecular complexity index is 967. The maximum absolute atomic E-state index is 12.4. The fourth-order valence-corrected chi connectivity index (χ4v) is 3.00. The number of esters is 1. The number of ketones is 1. The highest BCUT2D eigenvalue weighted by molar-refractivity contribution is 7.92. The van der Waals surface area contributed by atoms with Gasteiger partial charge in [-0.25, -0.2) is 13.2 Å². The van der Waals surface area contributed by atoms with E-state index in [4.69, 9.17) is 9.47 Å². The Kier molecular flexibility index (Phi) is 6.80. The Morgan fingerprint density at radius 1 is 1.07 bits per heavy atom. The molecular weight excluding hydrogens is 382 g/mol. The highest BCUT2D eigenvalue weighted by Gasteiger charge is 2.20. The number of rotatable bonds is 8. The zero-order chi connectivity index (χ0) is 20.9. The maximum atomic E-state index is 12.4. The van der Waals surface area contributed by atoms with Gasteiger partial charge in [-0.15, -0.1) is 0 Å². The SMILES string of the molecule is Cc1ccc(C)c(OCC(=O)O[C@H](C)C(=O)c2ccc(NS(C)(=O)=O)cc2)c1. The molecule has 2 aromatic rings. The maximum Gasteiger partial charge on any atom is 0.344 e. The van der Waals surface area contributed by atoms with Crippen LogP contribution in [0.5, 0.6) is 5.75 Å². The molecule has 150 valence electrons. The highest BCUT2D eigenvalue weighted by atomic mass is 32.2. The van der Waals surface area contributed by atoms with Crippen LogP contribution < -0.4 is 9.46 Å². The molecule has 0 amide bonds. The van der Waals surface area contributed by atoms with Crippen LogP contribution >= 0.6 is 0 Å². The Morgan fingerprint density at radius 3 is 2.32 bits per heavy atom. The summed E-state index contributed by atoms with van der Waals surface area (Å²) in [4.78, 5) is 24.4. The van der Waals surface area contributed by atoms with Crippen molar-refractivity contribution in [3.8, 4) is 5.75 Å². The van der Waals surface area contributed by atoms with E-state index in [0.717, 1.165) is 17.4 Å². The van der Waals surface area contributed by atoms with E-state index in [1.165, 1.54) is 31.2 Å². The Balaban J connectivity index is 1.92. The van der Waals surface area contributed by atoms with E-state index in [1.807, 2.05) is 32.0 Å². The second-order valence-electron chi connectivity index (χ2n) is 6.51. The average Bonchev–Trinajstić information content (AvgIpc) is 2.61. The van der Waals surface area contributed by atoms with Gasteiger partial charge < -0.3 is 9.47 Å². The number of ether oxygens (including phenoxy) is 2. The molecule has 0 aliphatic heterocycles. The zero-order valence-electron chi connectivity index (χ0n) is 16.2. The minimum atomic E-state index is -3.40. The first-order valence-corrected chi connectivity index (χ1v) is 10.5. The van der Waals surface area contributed by atoms with Crippen LogP contribution in [0.2, 0.25) is 0 Å². The van der Waals surface area contributed by atoms with Gasteiger partial charge in [-0.1, -0.05) is 12.1 Å². The number of benzene rings is 2. The summed E-state index contributed by atoms with van der Waals surface area (Å²) in [6.07, 6.45) is 0.0388. The van der Waals surface area contributed by atoms with Gasteiger partial charge in [-0.3, -0.25) is 9.52 Å². The molecular formula is C20H23NO6S. The van der Waals surface area contributed by atoms with Gasteiger partial charge in [0.1, 0.15) is 5.75 Å². The van der Waals surface area contributed by atoms with Crippen LogP contribution in [-0.2, 0) is 19.6 Å². The standard InChI is InChI=1S/C20H23NO6S/c1-13-5-6-14(2)18(11-13)26-12-19(22)27-15(3)20(23)16-7-9-17(10-8-16)21-28(4,24)25/h5-11,15,21H,12H2,1-4H3/t15-/m1/s1. The lowest BCUT2D eigenvalue weighted by molar-refractivity contribution is -0.148. The van der Waals surface area contributed by atoms with Crippen molar-refractivity contribution in [1.82, 2.24) is 0 Å². The number of sulfonamides is 1. The summed E-state index contributed by atoms with van der Waals surface area (Å²) in [5, 5.41) is 0. The number of hydrogen-bond acceptors (Lipinski definition) is 6. The summed E-state index contributed by atoms with van der Waals surface area (Å²) in [6.45, 7) is 4.95. The topological polar surface area (TPSA) is 98.8 Å². The van der Waals surface area contributed by atoms with Gasteiger partial charge in [0, 0.05) is 11.3 Å². The number of carbonyl (C=O) groups excluding carboxylic acids is 2. The molecule has 0 saturated heterocycles. The number of hydrogen-bond donors (Lipinski definition) is 1. The molecule has 0 bridgehead atoms. The zero-order valence-corrected chi connectivity index (χ0v) is 17.0. The molecule has 0 aromatic heterocycles. The van der Waals surface area contributed by atoms with Crippen molar-refractivity contribution in [3.63, 3.8) is 0 Å². The first-order valence-electron chi connectivity index (χ1n) is 8.57. The van der Waals surface area contributed by atoms with Crippen LogP contribution in [0.15, 0.2) is 42.5 Å². The number of Topliss-reactive ketones (excluding diaryl/α,β-unsaturated/α-hetero) is 1. The van der Waals surface area contributed by atoms with Crippen LogP contribution in [0.25, 0.3) is 0 Å². The van der Waals surface area contributed by atoms with Gasteiger partial charge in [-0.2, -0.15) is 0 Å². The van der Waals surface area contributed by atoms with Gasteiger partial charge in [0.05, 0.1) is 6.26 Å². The molecule has 28 heavy (non-hydrogen) atoms. The molecule has 0 spiro atoms. The molecule has 0 saturated carbocycles. The molecule has 0 heterocycles. The van der Waals surface area contributed by atoms with Crippen molar-refractivity contribution in [3.05, 3.63) is 59.2 Å². The monoisotopic (exact) mass is 405 g/mol. The number of aryl methyl sites for hydroxylation is 2. The molecule has 2 aromatic carbocycles. The molecule has 0 unspecified atom stereocenters. The third kappa shape index (κ3) is 6.38. The first-order chi connectivity index (χ1) is 13.0. The molecule has 1 atom stereocenters. The normalized spacial score (nSPS) is 12.1. The van der Waals surface area contributed by atoms with E-state index in [1.54, 1.807) is 0 Å². The molecule has 0 radical (unpaired) electrons. The summed E-state index contributed by atoms with van der Waals surface area (Å²) >= 11 is 0. The molecule has 2 rings (SSSR count). The Morgan fingerprint density at radius 2 is 1.71 bits per heavy atom. The second-order valence-corrected chi connectivity index (χ2v) is 8.25. The van der Waals surface area contributed by atoms with Crippen molar-refractivity contribution < 1.29 is 27.5 Å². The van der Waals surface area contributed by atoms with E-state index in [2.05, 4.69) is 4.72 Å². The minimum absolute atomic E-state index is 0.301. The average molecular weight is 405 g/mol. The largest absolute Gasteiger partial charge is 0.482 e. The van der Waals surface area contributed by atoms with Gasteiger partial charge >= 0.3 is 5.97 Å². The third-order valence-electron chi connectivity index (χ3n) is 3.84. The van der Waals surface area contributed by atoms with E-state index in [-0.39, 0.29) is 6.61 Å². The lowest BCUT2D eigenvalue weighted by atomic mass is 10.1. The van der Waals surface area contributed by atoms with Crippen LogP contribution in [0.1, 0.15) is 28.4 Å². The summed E-state index contributed by atoms with van der Waals surface area (Å²) in [7, 11) is -3.40. The van der Waals surface area contributed by atoms with Gasteiger partial charge in [0.2, 0.25) is 15.8 Å².